The normalized spacial score (nSPS) is 18.8. The minimum atomic E-state index is -0.0319. The van der Waals surface area contributed by atoms with Gasteiger partial charge in [-0.2, -0.15) is 5.26 Å². The number of likely N-dealkylation sites (tertiary alicyclic amines) is 1. The Morgan fingerprint density at radius 3 is 2.86 bits per heavy atom. The Bertz CT molecular complexity index is 1230. The molecule has 1 N–H and O–H groups in total. The van der Waals surface area contributed by atoms with Crippen LogP contribution in [0, 0.1) is 16.7 Å². The van der Waals surface area contributed by atoms with Crippen molar-refractivity contribution >= 4 is 23.3 Å². The van der Waals surface area contributed by atoms with Crippen LogP contribution in [0.5, 0.6) is 5.75 Å². The molecule has 0 aliphatic carbocycles. The number of phenols is 1. The number of amides is 1. The van der Waals surface area contributed by atoms with E-state index in [0.717, 1.165) is 68.8 Å². The summed E-state index contributed by atoms with van der Waals surface area (Å²) < 4.78 is 0. The van der Waals surface area contributed by atoms with Crippen LogP contribution in [-0.2, 0) is 17.8 Å². The minimum Gasteiger partial charge on any atom is -0.508 e. The van der Waals surface area contributed by atoms with Crippen LogP contribution in [0.2, 0.25) is 5.02 Å². The highest BCUT2D eigenvalue weighted by molar-refractivity contribution is 6.33. The van der Waals surface area contributed by atoms with E-state index in [-0.39, 0.29) is 17.1 Å². The number of halogens is 1. The van der Waals surface area contributed by atoms with Crippen LogP contribution in [0.4, 0.5) is 5.82 Å². The first-order chi connectivity index (χ1) is 16.9. The first-order valence-corrected chi connectivity index (χ1v) is 12.6. The van der Waals surface area contributed by atoms with Crippen molar-refractivity contribution in [2.75, 3.05) is 44.2 Å². The molecule has 8 heteroatoms. The lowest BCUT2D eigenvalue weighted by molar-refractivity contribution is -0.136. The summed E-state index contributed by atoms with van der Waals surface area (Å²) in [4.78, 5) is 23.5. The number of carbonyl (C=O) groups excluding carboxylic acids is 1. The van der Waals surface area contributed by atoms with Gasteiger partial charge in [-0.25, -0.2) is 4.98 Å². The first-order valence-electron chi connectivity index (χ1n) is 12.2. The van der Waals surface area contributed by atoms with E-state index in [1.165, 1.54) is 6.08 Å². The van der Waals surface area contributed by atoms with Crippen molar-refractivity contribution in [2.24, 2.45) is 5.41 Å². The number of aromatic hydroxyl groups is 1. The first kappa shape index (κ1) is 23.7. The van der Waals surface area contributed by atoms with Crippen molar-refractivity contribution in [1.82, 2.24) is 14.8 Å². The van der Waals surface area contributed by atoms with Gasteiger partial charge in [-0.15, -0.1) is 0 Å². The number of aromatic nitrogens is 1. The van der Waals surface area contributed by atoms with Crippen molar-refractivity contribution in [3.63, 3.8) is 0 Å². The second-order valence-electron chi connectivity index (χ2n) is 9.98. The van der Waals surface area contributed by atoms with Gasteiger partial charge in [-0.1, -0.05) is 25.1 Å². The Morgan fingerprint density at radius 1 is 1.34 bits per heavy atom. The molecule has 0 bridgehead atoms. The standard InChI is InChI=1S/C27H30ClN5O2/c1-3-9-31-10-7-19-23(14-31)30-26(21(13-29)25(19)20-12-18(34)5-6-22(20)28)32-11-8-27(15-32)16-33(17-27)24(35)4-2/h4-6,12,34H,2-3,7-11,14-17H2,1H3. The molecule has 0 unspecified atom stereocenters. The predicted molar refractivity (Wildman–Crippen MR) is 136 cm³/mol. The third-order valence-corrected chi connectivity index (χ3v) is 7.89. The van der Waals surface area contributed by atoms with Gasteiger partial charge in [0.1, 0.15) is 23.2 Å². The summed E-state index contributed by atoms with van der Waals surface area (Å²) in [5.74, 6) is 0.769. The molecule has 3 aliphatic heterocycles. The summed E-state index contributed by atoms with van der Waals surface area (Å²) in [6, 6.07) is 7.33. The fourth-order valence-electron chi connectivity index (χ4n) is 5.89. The van der Waals surface area contributed by atoms with E-state index >= 15 is 0 Å². The smallest absolute Gasteiger partial charge is 0.245 e. The monoisotopic (exact) mass is 491 g/mol. The summed E-state index contributed by atoms with van der Waals surface area (Å²) in [6.45, 7) is 11.3. The molecular weight excluding hydrogens is 462 g/mol. The van der Waals surface area contributed by atoms with Crippen LogP contribution in [0.1, 0.15) is 36.6 Å². The van der Waals surface area contributed by atoms with Crippen LogP contribution in [0.15, 0.2) is 30.9 Å². The number of carbonyl (C=O) groups is 1. The molecule has 7 nitrogen and oxygen atoms in total. The molecular formula is C27H30ClN5O2. The molecule has 4 heterocycles. The number of hydrogen-bond donors (Lipinski definition) is 1. The average Bonchev–Trinajstić information content (AvgIpc) is 3.29. The predicted octanol–water partition coefficient (Wildman–Crippen LogP) is 3.97. The topological polar surface area (TPSA) is 83.7 Å². The van der Waals surface area contributed by atoms with Gasteiger partial charge in [0, 0.05) is 60.8 Å². The Kier molecular flexibility index (Phi) is 6.20. The number of nitriles is 1. The van der Waals surface area contributed by atoms with Crippen LogP contribution < -0.4 is 4.90 Å². The quantitative estimate of drug-likeness (QED) is 0.637. The molecule has 1 aromatic carbocycles. The zero-order valence-corrected chi connectivity index (χ0v) is 20.8. The van der Waals surface area contributed by atoms with Gasteiger partial charge in [-0.05, 0) is 55.6 Å². The Morgan fingerprint density at radius 2 is 2.14 bits per heavy atom. The maximum atomic E-state index is 12.0. The largest absolute Gasteiger partial charge is 0.508 e. The highest BCUT2D eigenvalue weighted by Crippen LogP contribution is 2.45. The van der Waals surface area contributed by atoms with Crippen molar-refractivity contribution in [3.8, 4) is 22.9 Å². The van der Waals surface area contributed by atoms with Crippen LogP contribution in [0.25, 0.3) is 11.1 Å². The molecule has 3 aliphatic rings. The number of phenolic OH excluding ortho intramolecular Hbond substituents is 1. The highest BCUT2D eigenvalue weighted by atomic mass is 35.5. The summed E-state index contributed by atoms with van der Waals surface area (Å²) in [6.07, 6.45) is 4.16. The summed E-state index contributed by atoms with van der Waals surface area (Å²) in [7, 11) is 0. The van der Waals surface area contributed by atoms with Gasteiger partial charge >= 0.3 is 0 Å². The average molecular weight is 492 g/mol. The maximum Gasteiger partial charge on any atom is 0.245 e. The van der Waals surface area contributed by atoms with Crippen molar-refractivity contribution in [3.05, 3.63) is 52.7 Å². The maximum absolute atomic E-state index is 12.0. The molecule has 2 fully saturated rings. The van der Waals surface area contributed by atoms with Crippen molar-refractivity contribution in [2.45, 2.75) is 32.7 Å². The van der Waals surface area contributed by atoms with E-state index in [2.05, 4.69) is 29.4 Å². The third-order valence-electron chi connectivity index (χ3n) is 7.56. The molecule has 2 aromatic rings. The molecule has 0 atom stereocenters. The summed E-state index contributed by atoms with van der Waals surface area (Å²) >= 11 is 6.62. The van der Waals surface area contributed by atoms with Crippen LogP contribution >= 0.6 is 11.6 Å². The number of fused-ring (bicyclic) bond motifs is 1. The van der Waals surface area contributed by atoms with Gasteiger partial charge < -0.3 is 14.9 Å². The molecule has 1 aromatic heterocycles. The number of rotatable bonds is 5. The fraction of sp³-hybridized carbons (Fsp3) is 0.444. The van der Waals surface area contributed by atoms with E-state index in [9.17, 15) is 15.2 Å². The molecule has 0 saturated carbocycles. The third kappa shape index (κ3) is 4.15. The number of nitrogens with zero attached hydrogens (tertiary/aromatic N) is 5. The van der Waals surface area contributed by atoms with E-state index in [4.69, 9.17) is 16.6 Å². The van der Waals surface area contributed by atoms with E-state index < -0.39 is 0 Å². The van der Waals surface area contributed by atoms with Gasteiger partial charge in [0.2, 0.25) is 5.91 Å². The second-order valence-corrected chi connectivity index (χ2v) is 10.4. The van der Waals surface area contributed by atoms with E-state index in [0.29, 0.717) is 35.1 Å². The molecule has 182 valence electrons. The number of hydrogen-bond acceptors (Lipinski definition) is 6. The van der Waals surface area contributed by atoms with Crippen molar-refractivity contribution in [1.29, 1.82) is 5.26 Å². The Labute approximate surface area is 211 Å². The summed E-state index contributed by atoms with van der Waals surface area (Å²) in [5.41, 5.74) is 4.03. The van der Waals surface area contributed by atoms with Gasteiger partial charge in [0.05, 0.1) is 5.69 Å². The van der Waals surface area contributed by atoms with E-state index in [1.807, 2.05) is 4.90 Å². The van der Waals surface area contributed by atoms with Crippen molar-refractivity contribution < 1.29 is 9.90 Å². The number of pyridine rings is 1. The summed E-state index contributed by atoms with van der Waals surface area (Å²) in [5, 5.41) is 21.1. The zero-order chi connectivity index (χ0) is 24.7. The number of benzene rings is 1. The van der Waals surface area contributed by atoms with Crippen LogP contribution in [-0.4, -0.2) is 65.1 Å². The van der Waals surface area contributed by atoms with E-state index in [1.54, 1.807) is 18.2 Å². The lowest BCUT2D eigenvalue weighted by Crippen LogP contribution is -2.59. The zero-order valence-electron chi connectivity index (χ0n) is 20.1. The van der Waals surface area contributed by atoms with Gasteiger partial charge in [-0.3, -0.25) is 9.69 Å². The minimum absolute atomic E-state index is 0.0278. The molecule has 5 rings (SSSR count). The Hall–Kier alpha value is -3.08. The van der Waals surface area contributed by atoms with Gasteiger partial charge in [0.25, 0.3) is 0 Å². The molecule has 1 spiro atoms. The molecule has 1 amide bonds. The number of anilines is 1. The highest BCUT2D eigenvalue weighted by Gasteiger charge is 2.49. The fourth-order valence-corrected chi connectivity index (χ4v) is 6.10. The second kappa shape index (κ2) is 9.18. The lowest BCUT2D eigenvalue weighted by Gasteiger charge is -2.47. The van der Waals surface area contributed by atoms with Gasteiger partial charge in [0.15, 0.2) is 0 Å². The lowest BCUT2D eigenvalue weighted by atomic mass is 9.79. The SMILES string of the molecule is C=CC(=O)N1CC2(CCN(c3nc4c(c(-c5cc(O)ccc5Cl)c3C#N)CCN(CCC)C4)C2)C1. The molecule has 0 radical (unpaired) electrons. The Balaban J connectivity index is 1.58. The molecule has 2 saturated heterocycles. The van der Waals surface area contributed by atoms with Crippen LogP contribution in [0.3, 0.4) is 0 Å². The molecule has 35 heavy (non-hydrogen) atoms.